The van der Waals surface area contributed by atoms with Crippen LogP contribution in [0.3, 0.4) is 0 Å². The number of hydrogen-bond donors (Lipinski definition) is 2. The molecule has 0 heterocycles. The lowest BCUT2D eigenvalue weighted by molar-refractivity contribution is 0.335. The molecule has 0 bridgehead atoms. The molecule has 0 amide bonds. The summed E-state index contributed by atoms with van der Waals surface area (Å²) in [5.41, 5.74) is 1.24. The highest BCUT2D eigenvalue weighted by Gasteiger charge is 2.19. The molecule has 3 heteroatoms. The van der Waals surface area contributed by atoms with E-state index in [9.17, 15) is 0 Å². The molecule has 1 aromatic rings. The summed E-state index contributed by atoms with van der Waals surface area (Å²) >= 11 is 0. The van der Waals surface area contributed by atoms with Gasteiger partial charge in [-0.05, 0) is 45.3 Å². The van der Waals surface area contributed by atoms with Crippen molar-refractivity contribution in [2.45, 2.75) is 38.8 Å². The van der Waals surface area contributed by atoms with E-state index in [1.54, 1.807) is 0 Å². The molecular formula is C15H24N2O. The minimum absolute atomic E-state index is 0.725. The second-order valence-corrected chi connectivity index (χ2v) is 4.80. The summed E-state index contributed by atoms with van der Waals surface area (Å²) in [6, 6.07) is 9.07. The monoisotopic (exact) mass is 248 g/mol. The number of benzene rings is 1. The number of ether oxygens (including phenoxy) is 1. The summed E-state index contributed by atoms with van der Waals surface area (Å²) in [5, 5.41) is 7.00. The molecule has 0 saturated heterocycles. The maximum Gasteiger partial charge on any atom is 0.123 e. The smallest absolute Gasteiger partial charge is 0.123 e. The summed E-state index contributed by atoms with van der Waals surface area (Å²) in [7, 11) is 0. The first-order chi connectivity index (χ1) is 8.90. The van der Waals surface area contributed by atoms with Crippen molar-refractivity contribution < 1.29 is 4.74 Å². The molecular weight excluding hydrogens is 224 g/mol. The molecule has 100 valence electrons. The van der Waals surface area contributed by atoms with Gasteiger partial charge in [-0.3, -0.25) is 0 Å². The van der Waals surface area contributed by atoms with Gasteiger partial charge in [0.1, 0.15) is 5.75 Å². The van der Waals surface area contributed by atoms with Crippen molar-refractivity contribution in [2.24, 2.45) is 0 Å². The number of rotatable bonds is 9. The van der Waals surface area contributed by atoms with E-state index in [-0.39, 0.29) is 0 Å². The molecule has 0 unspecified atom stereocenters. The van der Waals surface area contributed by atoms with Crippen LogP contribution in [-0.4, -0.2) is 25.7 Å². The second-order valence-electron chi connectivity index (χ2n) is 4.80. The molecule has 1 aliphatic rings. The topological polar surface area (TPSA) is 33.3 Å². The zero-order chi connectivity index (χ0) is 12.6. The Bertz CT molecular complexity index is 350. The molecule has 0 radical (unpaired) electrons. The Hall–Kier alpha value is -1.06. The lowest BCUT2D eigenvalue weighted by Gasteiger charge is -2.11. The third kappa shape index (κ3) is 4.67. The maximum absolute atomic E-state index is 5.60. The molecule has 0 aromatic heterocycles. The average Bonchev–Trinajstić information content (AvgIpc) is 3.20. The quantitative estimate of drug-likeness (QED) is 0.658. The van der Waals surface area contributed by atoms with E-state index >= 15 is 0 Å². The van der Waals surface area contributed by atoms with Crippen LogP contribution in [0.2, 0.25) is 0 Å². The predicted molar refractivity (Wildman–Crippen MR) is 75.0 cm³/mol. The Morgan fingerprint density at radius 3 is 2.83 bits per heavy atom. The summed E-state index contributed by atoms with van der Waals surface area (Å²) in [6.07, 6.45) is 3.93. The van der Waals surface area contributed by atoms with E-state index in [2.05, 4.69) is 22.8 Å². The Balaban J connectivity index is 1.62. The van der Waals surface area contributed by atoms with Crippen molar-refractivity contribution >= 4 is 0 Å². The first-order valence-electron chi connectivity index (χ1n) is 7.05. The predicted octanol–water partition coefficient (Wildman–Crippen LogP) is 2.32. The van der Waals surface area contributed by atoms with Crippen LogP contribution in [-0.2, 0) is 6.54 Å². The normalized spacial score (nSPS) is 14.7. The van der Waals surface area contributed by atoms with Gasteiger partial charge in [-0.2, -0.15) is 0 Å². The summed E-state index contributed by atoms with van der Waals surface area (Å²) < 4.78 is 5.60. The van der Waals surface area contributed by atoms with E-state index in [1.807, 2.05) is 19.1 Å². The fraction of sp³-hybridized carbons (Fsp3) is 0.600. The van der Waals surface area contributed by atoms with Gasteiger partial charge in [-0.1, -0.05) is 18.2 Å². The van der Waals surface area contributed by atoms with E-state index < -0.39 is 0 Å². The van der Waals surface area contributed by atoms with Gasteiger partial charge in [0.2, 0.25) is 0 Å². The van der Waals surface area contributed by atoms with E-state index in [0.29, 0.717) is 0 Å². The molecule has 0 atom stereocenters. The SMILES string of the molecule is CCOc1ccccc1CNCCCNC1CC1. The van der Waals surface area contributed by atoms with Gasteiger partial charge in [0, 0.05) is 18.2 Å². The number of nitrogens with one attached hydrogen (secondary N) is 2. The highest BCUT2D eigenvalue weighted by Crippen LogP contribution is 2.18. The Morgan fingerprint density at radius 1 is 1.22 bits per heavy atom. The third-order valence-corrected chi connectivity index (χ3v) is 3.13. The van der Waals surface area contributed by atoms with Crippen LogP contribution in [0.4, 0.5) is 0 Å². The fourth-order valence-corrected chi connectivity index (χ4v) is 1.98. The molecule has 0 spiro atoms. The van der Waals surface area contributed by atoms with Crippen LogP contribution in [0.25, 0.3) is 0 Å². The van der Waals surface area contributed by atoms with Gasteiger partial charge in [-0.15, -0.1) is 0 Å². The van der Waals surface area contributed by atoms with Crippen LogP contribution in [0.1, 0.15) is 31.7 Å². The summed E-state index contributed by atoms with van der Waals surface area (Å²) in [5.74, 6) is 1.00. The standard InChI is InChI=1S/C15H24N2O/c1-2-18-15-7-4-3-6-13(15)12-16-10-5-11-17-14-8-9-14/h3-4,6-7,14,16-17H,2,5,8-12H2,1H3. The van der Waals surface area contributed by atoms with Crippen molar-refractivity contribution in [3.63, 3.8) is 0 Å². The van der Waals surface area contributed by atoms with Crippen molar-refractivity contribution in [1.82, 2.24) is 10.6 Å². The lowest BCUT2D eigenvalue weighted by Crippen LogP contribution is -2.23. The highest BCUT2D eigenvalue weighted by molar-refractivity contribution is 5.33. The molecule has 1 fully saturated rings. The first-order valence-corrected chi connectivity index (χ1v) is 7.05. The van der Waals surface area contributed by atoms with Gasteiger partial charge in [0.05, 0.1) is 6.61 Å². The first kappa shape index (κ1) is 13.4. The van der Waals surface area contributed by atoms with Crippen molar-refractivity contribution in [3.8, 4) is 5.75 Å². The van der Waals surface area contributed by atoms with Crippen LogP contribution in [0.5, 0.6) is 5.75 Å². The highest BCUT2D eigenvalue weighted by atomic mass is 16.5. The molecule has 2 N–H and O–H groups in total. The number of para-hydroxylation sites is 1. The zero-order valence-electron chi connectivity index (χ0n) is 11.2. The Kier molecular flexibility index (Phi) is 5.49. The lowest BCUT2D eigenvalue weighted by atomic mass is 10.2. The summed E-state index contributed by atoms with van der Waals surface area (Å²) in [4.78, 5) is 0. The van der Waals surface area contributed by atoms with Crippen LogP contribution in [0.15, 0.2) is 24.3 Å². The molecule has 3 nitrogen and oxygen atoms in total. The number of hydrogen-bond acceptors (Lipinski definition) is 3. The van der Waals surface area contributed by atoms with Gasteiger partial charge in [-0.25, -0.2) is 0 Å². The second kappa shape index (κ2) is 7.39. The van der Waals surface area contributed by atoms with E-state index in [1.165, 1.54) is 24.8 Å². The fourth-order valence-electron chi connectivity index (χ4n) is 1.98. The van der Waals surface area contributed by atoms with Gasteiger partial charge in [0.25, 0.3) is 0 Å². The molecule has 1 aromatic carbocycles. The van der Waals surface area contributed by atoms with Crippen molar-refractivity contribution in [2.75, 3.05) is 19.7 Å². The molecule has 1 aliphatic carbocycles. The Morgan fingerprint density at radius 2 is 2.06 bits per heavy atom. The van der Waals surface area contributed by atoms with Crippen molar-refractivity contribution in [1.29, 1.82) is 0 Å². The van der Waals surface area contributed by atoms with Gasteiger partial charge >= 0.3 is 0 Å². The Labute approximate surface area is 110 Å². The van der Waals surface area contributed by atoms with E-state index in [4.69, 9.17) is 4.74 Å². The molecule has 18 heavy (non-hydrogen) atoms. The zero-order valence-corrected chi connectivity index (χ0v) is 11.2. The molecule has 0 aliphatic heterocycles. The third-order valence-electron chi connectivity index (χ3n) is 3.13. The molecule has 2 rings (SSSR count). The van der Waals surface area contributed by atoms with Crippen LogP contribution in [0, 0.1) is 0 Å². The van der Waals surface area contributed by atoms with Gasteiger partial charge < -0.3 is 15.4 Å². The summed E-state index contributed by atoms with van der Waals surface area (Å²) in [6.45, 7) is 5.82. The van der Waals surface area contributed by atoms with Crippen LogP contribution >= 0.6 is 0 Å². The minimum atomic E-state index is 0.725. The average molecular weight is 248 g/mol. The van der Waals surface area contributed by atoms with Crippen molar-refractivity contribution in [3.05, 3.63) is 29.8 Å². The van der Waals surface area contributed by atoms with Gasteiger partial charge in [0.15, 0.2) is 0 Å². The largest absolute Gasteiger partial charge is 0.494 e. The molecule has 1 saturated carbocycles. The minimum Gasteiger partial charge on any atom is -0.494 e. The van der Waals surface area contributed by atoms with E-state index in [0.717, 1.165) is 38.0 Å². The maximum atomic E-state index is 5.60. The van der Waals surface area contributed by atoms with Crippen LogP contribution < -0.4 is 15.4 Å².